The van der Waals surface area contributed by atoms with Crippen LogP contribution < -0.4 is 16.0 Å². The van der Waals surface area contributed by atoms with E-state index in [0.717, 1.165) is 5.56 Å². The largest absolute Gasteiger partial charge is 0.338 e. The Morgan fingerprint density at radius 3 is 2.43 bits per heavy atom. The molecule has 6 nitrogen and oxygen atoms in total. The first kappa shape index (κ1) is 16.5. The molecular weight excluding hydrogens is 292 g/mol. The Bertz CT molecular complexity index is 632. The third-order valence-corrected chi connectivity index (χ3v) is 3.19. The summed E-state index contributed by atoms with van der Waals surface area (Å²) in [7, 11) is 0. The lowest BCUT2D eigenvalue weighted by Gasteiger charge is -2.18. The van der Waals surface area contributed by atoms with Gasteiger partial charge < -0.3 is 16.0 Å². The van der Waals surface area contributed by atoms with Crippen molar-refractivity contribution < 1.29 is 9.59 Å². The molecule has 23 heavy (non-hydrogen) atoms. The zero-order valence-corrected chi connectivity index (χ0v) is 13.0. The fourth-order valence-electron chi connectivity index (χ4n) is 2.09. The predicted octanol–water partition coefficient (Wildman–Crippen LogP) is 1.95. The van der Waals surface area contributed by atoms with Crippen LogP contribution in [0.25, 0.3) is 0 Å². The molecule has 0 aliphatic rings. The van der Waals surface area contributed by atoms with E-state index in [1.54, 1.807) is 24.5 Å². The molecule has 0 aliphatic heterocycles. The van der Waals surface area contributed by atoms with Crippen LogP contribution in [0.2, 0.25) is 0 Å². The molecule has 1 heterocycles. The number of hydrogen-bond donors (Lipinski definition) is 3. The maximum absolute atomic E-state index is 12.5. The minimum absolute atomic E-state index is 0.272. The van der Waals surface area contributed by atoms with Gasteiger partial charge in [-0.3, -0.25) is 9.78 Å². The number of carbonyl (C=O) groups is 2. The Morgan fingerprint density at radius 1 is 1.09 bits per heavy atom. The Morgan fingerprint density at radius 2 is 1.78 bits per heavy atom. The van der Waals surface area contributed by atoms with Crippen molar-refractivity contribution in [2.75, 3.05) is 11.9 Å². The molecule has 2 rings (SSSR count). The SMILES string of the molecule is CCNC(=O)N[C@@H](Cc1ccccc1)C(=O)Nc1ccncc1. The van der Waals surface area contributed by atoms with Crippen LogP contribution in [0.5, 0.6) is 0 Å². The molecule has 120 valence electrons. The Balaban J connectivity index is 2.08. The van der Waals surface area contributed by atoms with E-state index in [4.69, 9.17) is 0 Å². The highest BCUT2D eigenvalue weighted by atomic mass is 16.2. The normalized spacial score (nSPS) is 11.3. The Hall–Kier alpha value is -2.89. The summed E-state index contributed by atoms with van der Waals surface area (Å²) in [4.78, 5) is 28.2. The van der Waals surface area contributed by atoms with Crippen LogP contribution in [0.3, 0.4) is 0 Å². The van der Waals surface area contributed by atoms with E-state index < -0.39 is 6.04 Å². The second-order valence-electron chi connectivity index (χ2n) is 4.97. The van der Waals surface area contributed by atoms with Gasteiger partial charge in [0.05, 0.1) is 0 Å². The topological polar surface area (TPSA) is 83.1 Å². The highest BCUT2D eigenvalue weighted by molar-refractivity contribution is 5.97. The fourth-order valence-corrected chi connectivity index (χ4v) is 2.09. The number of urea groups is 1. The van der Waals surface area contributed by atoms with Crippen molar-refractivity contribution in [2.45, 2.75) is 19.4 Å². The molecule has 0 saturated heterocycles. The number of aromatic nitrogens is 1. The number of benzene rings is 1. The molecule has 0 fully saturated rings. The van der Waals surface area contributed by atoms with Gasteiger partial charge in [-0.15, -0.1) is 0 Å². The van der Waals surface area contributed by atoms with Gasteiger partial charge in [0.1, 0.15) is 6.04 Å². The summed E-state index contributed by atoms with van der Waals surface area (Å²) in [5.74, 6) is -0.272. The standard InChI is InChI=1S/C17H20N4O2/c1-2-19-17(23)21-15(12-13-6-4-3-5-7-13)16(22)20-14-8-10-18-11-9-14/h3-11,15H,2,12H2,1H3,(H,18,20,22)(H2,19,21,23)/t15-/m0/s1. The van der Waals surface area contributed by atoms with E-state index in [0.29, 0.717) is 18.7 Å². The average Bonchev–Trinajstić information content (AvgIpc) is 2.56. The fraction of sp³-hybridized carbons (Fsp3) is 0.235. The molecule has 0 radical (unpaired) electrons. The van der Waals surface area contributed by atoms with Crippen molar-refractivity contribution in [3.05, 3.63) is 60.4 Å². The summed E-state index contributed by atoms with van der Waals surface area (Å²) >= 11 is 0. The number of anilines is 1. The molecule has 0 saturated carbocycles. The number of pyridine rings is 1. The van der Waals surface area contributed by atoms with E-state index in [1.807, 2.05) is 37.3 Å². The molecular formula is C17H20N4O2. The minimum Gasteiger partial charge on any atom is -0.338 e. The predicted molar refractivity (Wildman–Crippen MR) is 89.0 cm³/mol. The van der Waals surface area contributed by atoms with Gasteiger partial charge in [0.2, 0.25) is 5.91 Å². The van der Waals surface area contributed by atoms with E-state index in [2.05, 4.69) is 20.9 Å². The van der Waals surface area contributed by atoms with Gasteiger partial charge in [0.15, 0.2) is 0 Å². The molecule has 2 aromatic rings. The number of carbonyl (C=O) groups excluding carboxylic acids is 2. The molecule has 1 atom stereocenters. The minimum atomic E-state index is -0.669. The number of rotatable bonds is 6. The van der Waals surface area contributed by atoms with Crippen molar-refractivity contribution in [2.24, 2.45) is 0 Å². The van der Waals surface area contributed by atoms with Crippen LogP contribution in [0.15, 0.2) is 54.9 Å². The van der Waals surface area contributed by atoms with Gasteiger partial charge in [-0.2, -0.15) is 0 Å². The van der Waals surface area contributed by atoms with Gasteiger partial charge in [-0.1, -0.05) is 30.3 Å². The number of nitrogens with zero attached hydrogens (tertiary/aromatic N) is 1. The van der Waals surface area contributed by atoms with Crippen molar-refractivity contribution in [1.82, 2.24) is 15.6 Å². The van der Waals surface area contributed by atoms with E-state index >= 15 is 0 Å². The molecule has 0 bridgehead atoms. The summed E-state index contributed by atoms with van der Waals surface area (Å²) in [5, 5.41) is 8.14. The zero-order valence-electron chi connectivity index (χ0n) is 13.0. The lowest BCUT2D eigenvalue weighted by atomic mass is 10.1. The molecule has 3 amide bonds. The smallest absolute Gasteiger partial charge is 0.315 e. The number of amides is 3. The lowest BCUT2D eigenvalue weighted by molar-refractivity contribution is -0.117. The number of nitrogens with one attached hydrogen (secondary N) is 3. The van der Waals surface area contributed by atoms with Crippen molar-refractivity contribution in [1.29, 1.82) is 0 Å². The summed E-state index contributed by atoms with van der Waals surface area (Å²) in [6.07, 6.45) is 3.60. The zero-order chi connectivity index (χ0) is 16.5. The van der Waals surface area contributed by atoms with Crippen molar-refractivity contribution in [3.63, 3.8) is 0 Å². The third kappa shape index (κ3) is 5.43. The van der Waals surface area contributed by atoms with E-state index in [-0.39, 0.29) is 11.9 Å². The van der Waals surface area contributed by atoms with Crippen LogP contribution in [0.4, 0.5) is 10.5 Å². The van der Waals surface area contributed by atoms with E-state index in [1.165, 1.54) is 0 Å². The molecule has 6 heteroatoms. The van der Waals surface area contributed by atoms with Crippen LogP contribution in [-0.4, -0.2) is 29.5 Å². The van der Waals surface area contributed by atoms with Gasteiger partial charge in [0, 0.05) is 31.0 Å². The first-order valence-electron chi connectivity index (χ1n) is 7.48. The lowest BCUT2D eigenvalue weighted by Crippen LogP contribution is -2.49. The van der Waals surface area contributed by atoms with Gasteiger partial charge in [-0.25, -0.2) is 4.79 Å². The molecule has 0 spiro atoms. The van der Waals surface area contributed by atoms with Crippen LogP contribution in [0, 0.1) is 0 Å². The summed E-state index contributed by atoms with van der Waals surface area (Å²) < 4.78 is 0. The highest BCUT2D eigenvalue weighted by Gasteiger charge is 2.21. The van der Waals surface area contributed by atoms with Gasteiger partial charge in [-0.05, 0) is 24.6 Å². The van der Waals surface area contributed by atoms with Gasteiger partial charge >= 0.3 is 6.03 Å². The Kier molecular flexibility index (Phi) is 6.11. The molecule has 3 N–H and O–H groups in total. The Labute approximate surface area is 135 Å². The second-order valence-corrected chi connectivity index (χ2v) is 4.97. The molecule has 0 aliphatic carbocycles. The van der Waals surface area contributed by atoms with Crippen molar-refractivity contribution >= 4 is 17.6 Å². The molecule has 0 unspecified atom stereocenters. The maximum atomic E-state index is 12.5. The van der Waals surface area contributed by atoms with Crippen LogP contribution in [0.1, 0.15) is 12.5 Å². The maximum Gasteiger partial charge on any atom is 0.315 e. The van der Waals surface area contributed by atoms with E-state index in [9.17, 15) is 9.59 Å². The molecule has 1 aromatic carbocycles. The van der Waals surface area contributed by atoms with Crippen LogP contribution >= 0.6 is 0 Å². The highest BCUT2D eigenvalue weighted by Crippen LogP contribution is 2.08. The number of hydrogen-bond acceptors (Lipinski definition) is 3. The van der Waals surface area contributed by atoms with Crippen LogP contribution in [-0.2, 0) is 11.2 Å². The first-order chi connectivity index (χ1) is 11.2. The first-order valence-corrected chi connectivity index (χ1v) is 7.48. The third-order valence-electron chi connectivity index (χ3n) is 3.19. The quantitative estimate of drug-likeness (QED) is 0.762. The summed E-state index contributed by atoms with van der Waals surface area (Å²) in [5.41, 5.74) is 1.61. The van der Waals surface area contributed by atoms with Gasteiger partial charge in [0.25, 0.3) is 0 Å². The summed E-state index contributed by atoms with van der Waals surface area (Å²) in [6.45, 7) is 2.32. The monoisotopic (exact) mass is 312 g/mol. The average molecular weight is 312 g/mol. The second kappa shape index (κ2) is 8.53. The molecule has 1 aromatic heterocycles. The summed E-state index contributed by atoms with van der Waals surface area (Å²) in [6, 6.07) is 11.9. The van der Waals surface area contributed by atoms with Crippen molar-refractivity contribution in [3.8, 4) is 0 Å².